The fourth-order valence-corrected chi connectivity index (χ4v) is 2.52. The lowest BCUT2D eigenvalue weighted by atomic mass is 9.81. The van der Waals surface area contributed by atoms with Crippen LogP contribution in [0, 0.1) is 19.8 Å². The van der Waals surface area contributed by atoms with Crippen molar-refractivity contribution in [2.24, 2.45) is 11.7 Å². The summed E-state index contributed by atoms with van der Waals surface area (Å²) in [7, 11) is 1.72. The van der Waals surface area contributed by atoms with Crippen molar-refractivity contribution < 1.29 is 4.74 Å². The molecule has 0 amide bonds. The Morgan fingerprint density at radius 1 is 1.35 bits per heavy atom. The van der Waals surface area contributed by atoms with E-state index in [4.69, 9.17) is 10.5 Å². The van der Waals surface area contributed by atoms with Crippen LogP contribution in [0.25, 0.3) is 0 Å². The molecule has 1 fully saturated rings. The summed E-state index contributed by atoms with van der Waals surface area (Å²) < 4.78 is 5.42. The number of methoxy groups -OCH3 is 1. The van der Waals surface area contributed by atoms with E-state index in [9.17, 15) is 0 Å². The Balaban J connectivity index is 2.04. The van der Waals surface area contributed by atoms with Crippen molar-refractivity contribution in [2.75, 3.05) is 19.0 Å². The van der Waals surface area contributed by atoms with Crippen LogP contribution in [0.2, 0.25) is 0 Å². The average molecular weight is 234 g/mol. The molecule has 1 saturated carbocycles. The van der Waals surface area contributed by atoms with Crippen molar-refractivity contribution in [2.45, 2.75) is 32.7 Å². The molecule has 0 spiro atoms. The van der Waals surface area contributed by atoms with E-state index in [0.29, 0.717) is 6.04 Å². The highest BCUT2D eigenvalue weighted by atomic mass is 16.5. The smallest absolute Gasteiger partial charge is 0.142 e. The SMILES string of the molecule is COc1cc(C)cc(C)c1NCC1CC(N)C1. The molecule has 3 N–H and O–H groups in total. The molecule has 3 nitrogen and oxygen atoms in total. The minimum atomic E-state index is 0.419. The molecule has 1 aromatic carbocycles. The van der Waals surface area contributed by atoms with Crippen molar-refractivity contribution in [1.29, 1.82) is 0 Å². The van der Waals surface area contributed by atoms with Gasteiger partial charge < -0.3 is 15.8 Å². The van der Waals surface area contributed by atoms with Gasteiger partial charge in [-0.25, -0.2) is 0 Å². The Hall–Kier alpha value is -1.22. The Morgan fingerprint density at radius 2 is 2.06 bits per heavy atom. The lowest BCUT2D eigenvalue weighted by Gasteiger charge is -2.33. The molecular formula is C14H22N2O. The van der Waals surface area contributed by atoms with Gasteiger partial charge in [-0.05, 0) is 49.8 Å². The summed E-state index contributed by atoms with van der Waals surface area (Å²) in [5.41, 5.74) is 9.39. The molecule has 0 aliphatic heterocycles. The Morgan fingerprint density at radius 3 is 2.65 bits per heavy atom. The zero-order valence-corrected chi connectivity index (χ0v) is 10.9. The normalized spacial score (nSPS) is 23.1. The van der Waals surface area contributed by atoms with Gasteiger partial charge in [0.2, 0.25) is 0 Å². The maximum Gasteiger partial charge on any atom is 0.142 e. The van der Waals surface area contributed by atoms with Crippen LogP contribution in [0.4, 0.5) is 5.69 Å². The first-order chi connectivity index (χ1) is 8.10. The summed E-state index contributed by atoms with van der Waals surface area (Å²) in [5, 5.41) is 3.50. The largest absolute Gasteiger partial charge is 0.495 e. The zero-order chi connectivity index (χ0) is 12.4. The highest BCUT2D eigenvalue weighted by molar-refractivity contribution is 5.63. The first kappa shape index (κ1) is 12.2. The van der Waals surface area contributed by atoms with Gasteiger partial charge in [0, 0.05) is 12.6 Å². The molecular weight excluding hydrogens is 212 g/mol. The minimum absolute atomic E-state index is 0.419. The fourth-order valence-electron chi connectivity index (χ4n) is 2.52. The van der Waals surface area contributed by atoms with Gasteiger partial charge in [0.25, 0.3) is 0 Å². The molecule has 1 aliphatic rings. The lowest BCUT2D eigenvalue weighted by molar-refractivity contribution is 0.279. The van der Waals surface area contributed by atoms with Gasteiger partial charge in [0.1, 0.15) is 5.75 Å². The highest BCUT2D eigenvalue weighted by Gasteiger charge is 2.25. The van der Waals surface area contributed by atoms with E-state index in [0.717, 1.165) is 36.7 Å². The third-order valence-electron chi connectivity index (χ3n) is 3.50. The van der Waals surface area contributed by atoms with Crippen LogP contribution < -0.4 is 15.8 Å². The summed E-state index contributed by atoms with van der Waals surface area (Å²) in [5.74, 6) is 1.65. The third-order valence-corrected chi connectivity index (χ3v) is 3.50. The van der Waals surface area contributed by atoms with Gasteiger partial charge in [-0.15, -0.1) is 0 Å². The van der Waals surface area contributed by atoms with E-state index in [1.165, 1.54) is 11.1 Å². The van der Waals surface area contributed by atoms with Crippen LogP contribution >= 0.6 is 0 Å². The predicted molar refractivity (Wildman–Crippen MR) is 71.7 cm³/mol. The van der Waals surface area contributed by atoms with Gasteiger partial charge in [-0.2, -0.15) is 0 Å². The molecule has 17 heavy (non-hydrogen) atoms. The van der Waals surface area contributed by atoms with E-state index in [1.807, 2.05) is 0 Å². The summed E-state index contributed by atoms with van der Waals surface area (Å²) in [6.45, 7) is 5.20. The first-order valence-electron chi connectivity index (χ1n) is 6.25. The van der Waals surface area contributed by atoms with Crippen molar-refractivity contribution >= 4 is 5.69 Å². The molecule has 0 bridgehead atoms. The predicted octanol–water partition coefficient (Wildman–Crippen LogP) is 2.46. The number of ether oxygens (including phenoxy) is 1. The number of nitrogens with two attached hydrogens (primary N) is 1. The van der Waals surface area contributed by atoms with Gasteiger partial charge in [0.15, 0.2) is 0 Å². The molecule has 3 heteroatoms. The number of nitrogens with one attached hydrogen (secondary N) is 1. The van der Waals surface area contributed by atoms with Crippen LogP contribution in [0.1, 0.15) is 24.0 Å². The Bertz CT molecular complexity index is 397. The molecule has 0 aromatic heterocycles. The van der Waals surface area contributed by atoms with Gasteiger partial charge >= 0.3 is 0 Å². The lowest BCUT2D eigenvalue weighted by Crippen LogP contribution is -2.39. The van der Waals surface area contributed by atoms with Crippen LogP contribution in [0.3, 0.4) is 0 Å². The molecule has 0 unspecified atom stereocenters. The van der Waals surface area contributed by atoms with E-state index < -0.39 is 0 Å². The number of anilines is 1. The number of rotatable bonds is 4. The summed E-state index contributed by atoms with van der Waals surface area (Å²) in [6, 6.07) is 4.67. The second kappa shape index (κ2) is 4.96. The zero-order valence-electron chi connectivity index (χ0n) is 10.9. The maximum atomic E-state index is 5.79. The number of hydrogen-bond donors (Lipinski definition) is 2. The molecule has 2 rings (SSSR count). The van der Waals surface area contributed by atoms with Crippen LogP contribution in [-0.2, 0) is 0 Å². The second-order valence-electron chi connectivity index (χ2n) is 5.14. The molecule has 0 saturated heterocycles. The first-order valence-corrected chi connectivity index (χ1v) is 6.25. The van der Waals surface area contributed by atoms with E-state index >= 15 is 0 Å². The van der Waals surface area contributed by atoms with Gasteiger partial charge in [0.05, 0.1) is 12.8 Å². The molecule has 0 radical (unpaired) electrons. The van der Waals surface area contributed by atoms with E-state index in [-0.39, 0.29) is 0 Å². The molecule has 1 aliphatic carbocycles. The number of benzene rings is 1. The molecule has 0 heterocycles. The topological polar surface area (TPSA) is 47.3 Å². The summed E-state index contributed by atoms with van der Waals surface area (Å²) in [4.78, 5) is 0. The van der Waals surface area contributed by atoms with Crippen LogP contribution in [-0.4, -0.2) is 19.7 Å². The van der Waals surface area contributed by atoms with Crippen molar-refractivity contribution in [1.82, 2.24) is 0 Å². The van der Waals surface area contributed by atoms with Crippen molar-refractivity contribution in [3.8, 4) is 5.75 Å². The monoisotopic (exact) mass is 234 g/mol. The van der Waals surface area contributed by atoms with Gasteiger partial charge in [-0.1, -0.05) is 6.07 Å². The quantitative estimate of drug-likeness (QED) is 0.841. The van der Waals surface area contributed by atoms with E-state index in [2.05, 4.69) is 31.3 Å². The highest BCUT2D eigenvalue weighted by Crippen LogP contribution is 2.32. The number of aryl methyl sites for hydroxylation is 2. The Kier molecular flexibility index (Phi) is 3.57. The average Bonchev–Trinajstić information content (AvgIpc) is 2.23. The third kappa shape index (κ3) is 2.72. The van der Waals surface area contributed by atoms with E-state index in [1.54, 1.807) is 7.11 Å². The van der Waals surface area contributed by atoms with Crippen molar-refractivity contribution in [3.63, 3.8) is 0 Å². The minimum Gasteiger partial charge on any atom is -0.495 e. The molecule has 0 atom stereocenters. The molecule has 1 aromatic rings. The summed E-state index contributed by atoms with van der Waals surface area (Å²) >= 11 is 0. The van der Waals surface area contributed by atoms with Crippen LogP contribution in [0.15, 0.2) is 12.1 Å². The second-order valence-corrected chi connectivity index (χ2v) is 5.14. The van der Waals surface area contributed by atoms with Crippen LogP contribution in [0.5, 0.6) is 5.75 Å². The van der Waals surface area contributed by atoms with Gasteiger partial charge in [-0.3, -0.25) is 0 Å². The summed E-state index contributed by atoms with van der Waals surface area (Å²) in [6.07, 6.45) is 2.28. The fraction of sp³-hybridized carbons (Fsp3) is 0.571. The molecule has 94 valence electrons. The maximum absolute atomic E-state index is 5.79. The van der Waals surface area contributed by atoms with Crippen molar-refractivity contribution in [3.05, 3.63) is 23.3 Å². The Labute approximate surface area is 103 Å². The number of hydrogen-bond acceptors (Lipinski definition) is 3. The standard InChI is InChI=1S/C14H22N2O/c1-9-4-10(2)14(13(5-9)17-3)16-8-11-6-12(15)7-11/h4-5,11-12,16H,6-8,15H2,1-3H3.